The van der Waals surface area contributed by atoms with Crippen molar-refractivity contribution in [1.29, 1.82) is 0 Å². The monoisotopic (exact) mass is 241 g/mol. The second-order valence-electron chi connectivity index (χ2n) is 4.40. The number of rotatable bonds is 6. The van der Waals surface area contributed by atoms with Gasteiger partial charge in [0.15, 0.2) is 5.13 Å². The van der Waals surface area contributed by atoms with Crippen molar-refractivity contribution < 1.29 is 4.74 Å². The fourth-order valence-electron chi connectivity index (χ4n) is 1.50. The molecule has 0 saturated heterocycles. The van der Waals surface area contributed by atoms with Crippen molar-refractivity contribution in [3.63, 3.8) is 0 Å². The van der Waals surface area contributed by atoms with E-state index in [0.29, 0.717) is 0 Å². The molecule has 1 aromatic heterocycles. The van der Waals surface area contributed by atoms with Gasteiger partial charge in [0.05, 0.1) is 12.0 Å². The Kier molecular flexibility index (Phi) is 3.66. The molecule has 0 radical (unpaired) electrons. The summed E-state index contributed by atoms with van der Waals surface area (Å²) in [6.45, 7) is 1.99. The van der Waals surface area contributed by atoms with Gasteiger partial charge in [-0.15, -0.1) is 0 Å². The number of anilines is 1. The Morgan fingerprint density at radius 2 is 2.25 bits per heavy atom. The number of nitrogens with one attached hydrogen (secondary N) is 1. The van der Waals surface area contributed by atoms with E-state index in [1.54, 1.807) is 18.4 Å². The highest BCUT2D eigenvalue weighted by Gasteiger charge is 2.21. The van der Waals surface area contributed by atoms with Crippen LogP contribution in [0.2, 0.25) is 0 Å². The summed E-state index contributed by atoms with van der Waals surface area (Å²) < 4.78 is 5.28. The van der Waals surface area contributed by atoms with Crippen LogP contribution in [0.15, 0.2) is 0 Å². The summed E-state index contributed by atoms with van der Waals surface area (Å²) in [6, 6.07) is 0. The fraction of sp³-hybridized carbons (Fsp3) is 0.727. The molecule has 0 aromatic carbocycles. The van der Waals surface area contributed by atoms with Gasteiger partial charge in [-0.25, -0.2) is 0 Å². The van der Waals surface area contributed by atoms with Crippen molar-refractivity contribution in [1.82, 2.24) is 10.3 Å². The van der Waals surface area contributed by atoms with Gasteiger partial charge in [0.25, 0.3) is 0 Å². The van der Waals surface area contributed by atoms with E-state index >= 15 is 0 Å². The van der Waals surface area contributed by atoms with E-state index in [-0.39, 0.29) is 0 Å². The molecule has 1 aliphatic rings. The summed E-state index contributed by atoms with van der Waals surface area (Å²) in [5.74, 6) is 1.67. The van der Waals surface area contributed by atoms with Crippen LogP contribution in [0.25, 0.3) is 0 Å². The number of nitrogens with zero attached hydrogens (tertiary/aromatic N) is 2. The first-order valence-electron chi connectivity index (χ1n) is 5.62. The van der Waals surface area contributed by atoms with Crippen LogP contribution in [-0.2, 0) is 6.54 Å². The maximum absolute atomic E-state index is 5.28. The van der Waals surface area contributed by atoms with Gasteiger partial charge in [-0.2, -0.15) is 4.98 Å². The molecule has 0 bridgehead atoms. The van der Waals surface area contributed by atoms with E-state index in [0.717, 1.165) is 30.0 Å². The largest absolute Gasteiger partial charge is 0.480 e. The predicted octanol–water partition coefficient (Wildman–Crippen LogP) is 1.72. The Labute approximate surface area is 101 Å². The summed E-state index contributed by atoms with van der Waals surface area (Å²) in [7, 11) is 5.68. The molecule has 4 nitrogen and oxygen atoms in total. The zero-order valence-electron chi connectivity index (χ0n) is 10.1. The smallest absolute Gasteiger partial charge is 0.230 e. The van der Waals surface area contributed by atoms with E-state index in [9.17, 15) is 0 Å². The minimum Gasteiger partial charge on any atom is -0.480 e. The summed E-state index contributed by atoms with van der Waals surface area (Å²) in [5.41, 5.74) is 0. The molecule has 1 saturated carbocycles. The summed E-state index contributed by atoms with van der Waals surface area (Å²) >= 11 is 1.69. The SMILES string of the molecule is COc1nc(N(C)C)sc1CNCC1CC1. The van der Waals surface area contributed by atoms with Gasteiger partial charge in [-0.3, -0.25) is 0 Å². The number of hydrogen-bond donors (Lipinski definition) is 1. The Balaban J connectivity index is 1.94. The molecule has 1 fully saturated rings. The van der Waals surface area contributed by atoms with Crippen LogP contribution in [0.4, 0.5) is 5.13 Å². The van der Waals surface area contributed by atoms with E-state index in [1.807, 2.05) is 19.0 Å². The van der Waals surface area contributed by atoms with E-state index in [1.165, 1.54) is 17.7 Å². The Morgan fingerprint density at radius 1 is 1.50 bits per heavy atom. The van der Waals surface area contributed by atoms with Crippen molar-refractivity contribution >= 4 is 16.5 Å². The second kappa shape index (κ2) is 5.01. The van der Waals surface area contributed by atoms with Gasteiger partial charge in [0, 0.05) is 20.6 Å². The highest BCUT2D eigenvalue weighted by Crippen LogP contribution is 2.31. The molecule has 2 rings (SSSR count). The van der Waals surface area contributed by atoms with Crippen LogP contribution in [0, 0.1) is 5.92 Å². The van der Waals surface area contributed by atoms with Crippen LogP contribution in [0.5, 0.6) is 5.88 Å². The lowest BCUT2D eigenvalue weighted by molar-refractivity contribution is 0.394. The zero-order valence-corrected chi connectivity index (χ0v) is 10.9. The van der Waals surface area contributed by atoms with Gasteiger partial charge >= 0.3 is 0 Å². The first-order chi connectivity index (χ1) is 7.70. The molecular formula is C11H19N3OS. The standard InChI is InChI=1S/C11H19N3OS/c1-14(2)11-13-10(15-3)9(16-11)7-12-6-8-4-5-8/h8,12H,4-7H2,1-3H3. The summed E-state index contributed by atoms with van der Waals surface area (Å²) in [6.07, 6.45) is 2.77. The molecule has 1 N–H and O–H groups in total. The maximum Gasteiger partial charge on any atom is 0.230 e. The van der Waals surface area contributed by atoms with Gasteiger partial charge < -0.3 is 15.0 Å². The Hall–Kier alpha value is -0.810. The fourth-order valence-corrected chi connectivity index (χ4v) is 2.42. The third-order valence-corrected chi connectivity index (χ3v) is 3.85. The molecular weight excluding hydrogens is 222 g/mol. The van der Waals surface area contributed by atoms with E-state index in [4.69, 9.17) is 4.74 Å². The first-order valence-corrected chi connectivity index (χ1v) is 6.44. The molecule has 0 atom stereocenters. The molecule has 0 unspecified atom stereocenters. The second-order valence-corrected chi connectivity index (χ2v) is 5.46. The van der Waals surface area contributed by atoms with Crippen molar-refractivity contribution in [2.24, 2.45) is 5.92 Å². The molecule has 0 amide bonds. The van der Waals surface area contributed by atoms with Crippen molar-refractivity contribution in [3.05, 3.63) is 4.88 Å². The lowest BCUT2D eigenvalue weighted by Gasteiger charge is -2.05. The maximum atomic E-state index is 5.28. The number of methoxy groups -OCH3 is 1. The molecule has 1 aliphatic carbocycles. The first kappa shape index (κ1) is 11.7. The third kappa shape index (κ3) is 2.86. The summed E-state index contributed by atoms with van der Waals surface area (Å²) in [4.78, 5) is 7.62. The third-order valence-electron chi connectivity index (χ3n) is 2.64. The Bertz CT molecular complexity index is 347. The van der Waals surface area contributed by atoms with Gasteiger partial charge in [0.2, 0.25) is 5.88 Å². The highest BCUT2D eigenvalue weighted by molar-refractivity contribution is 7.15. The van der Waals surface area contributed by atoms with Crippen LogP contribution < -0.4 is 15.0 Å². The molecule has 90 valence electrons. The van der Waals surface area contributed by atoms with Crippen LogP contribution in [0.1, 0.15) is 17.7 Å². The van der Waals surface area contributed by atoms with Gasteiger partial charge in [-0.05, 0) is 25.3 Å². The van der Waals surface area contributed by atoms with Crippen molar-refractivity contribution in [2.75, 3.05) is 32.6 Å². The zero-order chi connectivity index (χ0) is 11.5. The molecule has 5 heteroatoms. The lowest BCUT2D eigenvalue weighted by Crippen LogP contribution is -2.15. The molecule has 1 heterocycles. The minimum absolute atomic E-state index is 0.761. The van der Waals surface area contributed by atoms with E-state index < -0.39 is 0 Å². The topological polar surface area (TPSA) is 37.4 Å². The van der Waals surface area contributed by atoms with Crippen LogP contribution in [0.3, 0.4) is 0 Å². The quantitative estimate of drug-likeness (QED) is 0.823. The number of aromatic nitrogens is 1. The molecule has 16 heavy (non-hydrogen) atoms. The molecule has 0 aliphatic heterocycles. The highest BCUT2D eigenvalue weighted by atomic mass is 32.1. The number of hydrogen-bond acceptors (Lipinski definition) is 5. The average molecular weight is 241 g/mol. The van der Waals surface area contributed by atoms with Crippen LogP contribution >= 0.6 is 11.3 Å². The number of ether oxygens (including phenoxy) is 1. The van der Waals surface area contributed by atoms with Crippen molar-refractivity contribution in [3.8, 4) is 5.88 Å². The van der Waals surface area contributed by atoms with Crippen LogP contribution in [-0.4, -0.2) is 32.7 Å². The lowest BCUT2D eigenvalue weighted by atomic mass is 10.4. The number of thiazole rings is 1. The average Bonchev–Trinajstić information content (AvgIpc) is 2.97. The minimum atomic E-state index is 0.761. The predicted molar refractivity (Wildman–Crippen MR) is 67.4 cm³/mol. The molecule has 1 aromatic rings. The van der Waals surface area contributed by atoms with Gasteiger partial charge in [0.1, 0.15) is 0 Å². The van der Waals surface area contributed by atoms with E-state index in [2.05, 4.69) is 10.3 Å². The van der Waals surface area contributed by atoms with Crippen molar-refractivity contribution in [2.45, 2.75) is 19.4 Å². The normalized spacial score (nSPS) is 15.2. The molecule has 0 spiro atoms. The Morgan fingerprint density at radius 3 is 2.81 bits per heavy atom. The summed E-state index contributed by atoms with van der Waals surface area (Å²) in [5, 5.41) is 4.46. The van der Waals surface area contributed by atoms with Gasteiger partial charge in [-0.1, -0.05) is 11.3 Å².